The summed E-state index contributed by atoms with van der Waals surface area (Å²) in [6, 6.07) is 0. The van der Waals surface area contributed by atoms with Crippen molar-refractivity contribution in [1.29, 1.82) is 0 Å². The Kier molecular flexibility index (Phi) is 8.14. The molecule has 0 saturated carbocycles. The summed E-state index contributed by atoms with van der Waals surface area (Å²) in [6.07, 6.45) is 3.76. The number of hydrogen-bond acceptors (Lipinski definition) is 3. The highest BCUT2D eigenvalue weighted by molar-refractivity contribution is 6.26. The smallest absolute Gasteiger partial charge is 0.323 e. The van der Waals surface area contributed by atoms with Crippen LogP contribution in [0.2, 0.25) is 0 Å². The summed E-state index contributed by atoms with van der Waals surface area (Å²) in [5, 5.41) is 9.15. The van der Waals surface area contributed by atoms with E-state index in [0.717, 1.165) is 25.7 Å². The predicted octanol–water partition coefficient (Wildman–Crippen LogP) is 2.06. The molecule has 0 heterocycles. The van der Waals surface area contributed by atoms with Gasteiger partial charge in [-0.3, -0.25) is 4.79 Å². The number of carbonyl (C=O) groups is 1. The van der Waals surface area contributed by atoms with Crippen LogP contribution < -0.4 is 0 Å². The van der Waals surface area contributed by atoms with E-state index >= 15 is 0 Å². The van der Waals surface area contributed by atoms with Crippen molar-refractivity contribution in [2.45, 2.75) is 45.3 Å². The highest BCUT2D eigenvalue weighted by Gasteiger charge is 2.08. The zero-order valence-electron chi connectivity index (χ0n) is 7.96. The van der Waals surface area contributed by atoms with Gasteiger partial charge < -0.3 is 9.84 Å². The lowest BCUT2D eigenvalue weighted by atomic mass is 10.1. The second kappa shape index (κ2) is 8.32. The molecular weight excluding hydrogens is 192 g/mol. The van der Waals surface area contributed by atoms with E-state index in [0.29, 0.717) is 6.42 Å². The van der Waals surface area contributed by atoms with Crippen LogP contribution in [-0.4, -0.2) is 23.2 Å². The van der Waals surface area contributed by atoms with Crippen LogP contribution in [0.1, 0.15) is 39.0 Å². The number of aliphatic hydroxyl groups excluding tert-OH is 1. The molecule has 0 radical (unpaired) electrons. The topological polar surface area (TPSA) is 46.5 Å². The van der Waals surface area contributed by atoms with Gasteiger partial charge in [-0.05, 0) is 6.42 Å². The van der Waals surface area contributed by atoms with Crippen LogP contribution in [0, 0.1) is 0 Å². The Hall–Kier alpha value is -0.280. The summed E-state index contributed by atoms with van der Waals surface area (Å²) in [7, 11) is 0. The van der Waals surface area contributed by atoms with Crippen molar-refractivity contribution in [2.75, 3.05) is 5.88 Å². The monoisotopic (exact) mass is 208 g/mol. The third-order valence-electron chi connectivity index (χ3n) is 1.68. The zero-order valence-corrected chi connectivity index (χ0v) is 8.72. The van der Waals surface area contributed by atoms with E-state index in [2.05, 4.69) is 11.7 Å². The maximum absolute atomic E-state index is 10.6. The molecule has 0 aliphatic carbocycles. The van der Waals surface area contributed by atoms with Gasteiger partial charge in [0.2, 0.25) is 6.29 Å². The molecule has 3 nitrogen and oxygen atoms in total. The van der Waals surface area contributed by atoms with E-state index in [1.807, 2.05) is 0 Å². The number of unbranched alkanes of at least 4 members (excludes halogenated alkanes) is 3. The van der Waals surface area contributed by atoms with E-state index in [1.54, 1.807) is 0 Å². The molecule has 0 spiro atoms. The van der Waals surface area contributed by atoms with Gasteiger partial charge in [0, 0.05) is 6.42 Å². The normalized spacial score (nSPS) is 12.5. The van der Waals surface area contributed by atoms with Gasteiger partial charge in [0.25, 0.3) is 0 Å². The fraction of sp³-hybridized carbons (Fsp3) is 0.889. The molecule has 0 rings (SSSR count). The van der Waals surface area contributed by atoms with Gasteiger partial charge in [-0.1, -0.05) is 26.2 Å². The van der Waals surface area contributed by atoms with Crippen molar-refractivity contribution in [1.82, 2.24) is 0 Å². The standard InChI is InChI=1S/C9H17ClO3/c1-2-3-4-5-6-8(11)13-9(12)7-10/h8,11H,2-7H2,1H3. The van der Waals surface area contributed by atoms with Gasteiger partial charge in [0.1, 0.15) is 5.88 Å². The molecule has 0 amide bonds. The van der Waals surface area contributed by atoms with Gasteiger partial charge in [0.15, 0.2) is 0 Å². The molecule has 78 valence electrons. The van der Waals surface area contributed by atoms with Crippen LogP contribution in [0.15, 0.2) is 0 Å². The Balaban J connectivity index is 3.29. The number of rotatable bonds is 7. The lowest BCUT2D eigenvalue weighted by Gasteiger charge is -2.10. The average molecular weight is 209 g/mol. The Morgan fingerprint density at radius 2 is 2.15 bits per heavy atom. The lowest BCUT2D eigenvalue weighted by Crippen LogP contribution is -2.18. The molecule has 0 bridgehead atoms. The molecule has 0 aromatic carbocycles. The summed E-state index contributed by atoms with van der Waals surface area (Å²) in [5.41, 5.74) is 0. The van der Waals surface area contributed by atoms with Gasteiger partial charge in [0.05, 0.1) is 0 Å². The third-order valence-corrected chi connectivity index (χ3v) is 1.90. The van der Waals surface area contributed by atoms with Crippen molar-refractivity contribution in [3.63, 3.8) is 0 Å². The number of hydrogen-bond donors (Lipinski definition) is 1. The zero-order chi connectivity index (χ0) is 10.1. The first-order valence-electron chi connectivity index (χ1n) is 4.64. The first-order valence-corrected chi connectivity index (χ1v) is 5.17. The lowest BCUT2D eigenvalue weighted by molar-refractivity contribution is -0.165. The highest BCUT2D eigenvalue weighted by Crippen LogP contribution is 2.06. The van der Waals surface area contributed by atoms with Crippen LogP contribution in [0.5, 0.6) is 0 Å². The van der Waals surface area contributed by atoms with Crippen LogP contribution in [0.25, 0.3) is 0 Å². The first-order chi connectivity index (χ1) is 6.20. The largest absolute Gasteiger partial charge is 0.435 e. The molecule has 0 fully saturated rings. The second-order valence-electron chi connectivity index (χ2n) is 2.93. The van der Waals surface area contributed by atoms with Gasteiger partial charge in [-0.25, -0.2) is 0 Å². The van der Waals surface area contributed by atoms with Gasteiger partial charge in [-0.2, -0.15) is 0 Å². The van der Waals surface area contributed by atoms with E-state index in [9.17, 15) is 4.79 Å². The number of halogens is 1. The minimum absolute atomic E-state index is 0.202. The van der Waals surface area contributed by atoms with E-state index in [4.69, 9.17) is 16.7 Å². The summed E-state index contributed by atoms with van der Waals surface area (Å²) < 4.78 is 4.56. The molecule has 0 saturated heterocycles. The summed E-state index contributed by atoms with van der Waals surface area (Å²) >= 11 is 5.19. The Bertz CT molecular complexity index is 139. The molecule has 13 heavy (non-hydrogen) atoms. The van der Waals surface area contributed by atoms with Crippen molar-refractivity contribution < 1.29 is 14.6 Å². The molecule has 0 aliphatic heterocycles. The fourth-order valence-electron chi connectivity index (χ4n) is 0.988. The van der Waals surface area contributed by atoms with Gasteiger partial charge in [-0.15, -0.1) is 11.6 Å². The highest BCUT2D eigenvalue weighted by atomic mass is 35.5. The van der Waals surface area contributed by atoms with E-state index in [1.165, 1.54) is 0 Å². The van der Waals surface area contributed by atoms with Gasteiger partial charge >= 0.3 is 5.97 Å². The molecule has 0 aromatic heterocycles. The van der Waals surface area contributed by atoms with Crippen molar-refractivity contribution in [3.8, 4) is 0 Å². The van der Waals surface area contributed by atoms with Crippen LogP contribution in [-0.2, 0) is 9.53 Å². The summed E-state index contributed by atoms with van der Waals surface area (Å²) in [5.74, 6) is -0.767. The second-order valence-corrected chi connectivity index (χ2v) is 3.19. The molecule has 1 N–H and O–H groups in total. The molecular formula is C9H17ClO3. The Morgan fingerprint density at radius 1 is 1.46 bits per heavy atom. The maximum Gasteiger partial charge on any atom is 0.323 e. The number of aliphatic hydroxyl groups is 1. The average Bonchev–Trinajstić information content (AvgIpc) is 2.12. The SMILES string of the molecule is CCCCCCC(O)OC(=O)CCl. The van der Waals surface area contributed by atoms with E-state index < -0.39 is 12.3 Å². The minimum atomic E-state index is -0.983. The van der Waals surface area contributed by atoms with Crippen molar-refractivity contribution in [3.05, 3.63) is 0 Å². The Morgan fingerprint density at radius 3 is 2.69 bits per heavy atom. The van der Waals surface area contributed by atoms with Crippen LogP contribution in [0.3, 0.4) is 0 Å². The number of esters is 1. The molecule has 1 unspecified atom stereocenters. The minimum Gasteiger partial charge on any atom is -0.435 e. The Labute approximate surface area is 84.0 Å². The number of ether oxygens (including phenoxy) is 1. The third kappa shape index (κ3) is 8.06. The maximum atomic E-state index is 10.6. The molecule has 1 atom stereocenters. The fourth-order valence-corrected chi connectivity index (χ4v) is 1.05. The summed E-state index contributed by atoms with van der Waals surface area (Å²) in [6.45, 7) is 2.12. The number of carbonyl (C=O) groups excluding carboxylic acids is 1. The summed E-state index contributed by atoms with van der Waals surface area (Å²) in [4.78, 5) is 10.6. The molecule has 0 aliphatic rings. The quantitative estimate of drug-likeness (QED) is 0.302. The van der Waals surface area contributed by atoms with Crippen LogP contribution in [0.4, 0.5) is 0 Å². The predicted molar refractivity (Wildman–Crippen MR) is 51.6 cm³/mol. The first kappa shape index (κ1) is 12.7. The molecule has 4 heteroatoms. The van der Waals surface area contributed by atoms with Crippen molar-refractivity contribution >= 4 is 17.6 Å². The van der Waals surface area contributed by atoms with Crippen molar-refractivity contribution in [2.24, 2.45) is 0 Å². The molecule has 0 aromatic rings. The number of alkyl halides is 1. The van der Waals surface area contributed by atoms with E-state index in [-0.39, 0.29) is 5.88 Å². The van der Waals surface area contributed by atoms with Crippen LogP contribution >= 0.6 is 11.6 Å².